The maximum Gasteiger partial charge on any atom is 0.344 e. The highest BCUT2D eigenvalue weighted by Crippen LogP contribution is 2.59. The van der Waals surface area contributed by atoms with E-state index >= 15 is 0 Å². The highest BCUT2D eigenvalue weighted by atomic mass is 32.2. The van der Waals surface area contributed by atoms with Crippen LogP contribution in [-0.4, -0.2) is 18.2 Å². The first kappa shape index (κ1) is 29.4. The van der Waals surface area contributed by atoms with Crippen LogP contribution >= 0.6 is 11.8 Å². The van der Waals surface area contributed by atoms with Crippen LogP contribution in [-0.2, 0) is 20.4 Å². The Morgan fingerprint density at radius 1 is 0.705 bits per heavy atom. The summed E-state index contributed by atoms with van der Waals surface area (Å²) in [5, 5.41) is 0. The molecular weight excluding hydrogens is 595 g/mol. The molecule has 7 heteroatoms. The minimum atomic E-state index is -0.499. The molecule has 0 radical (unpaired) electrons. The van der Waals surface area contributed by atoms with E-state index in [1.54, 1.807) is 36.0 Å². The lowest BCUT2D eigenvalue weighted by Gasteiger charge is -2.59. The van der Waals surface area contributed by atoms with E-state index in [-0.39, 0.29) is 29.8 Å². The van der Waals surface area contributed by atoms with Crippen LogP contribution in [0.4, 0.5) is 8.78 Å². The second-order valence-corrected chi connectivity index (χ2v) is 15.7. The Hall–Kier alpha value is -3.29. The van der Waals surface area contributed by atoms with E-state index in [0.29, 0.717) is 17.6 Å². The summed E-state index contributed by atoms with van der Waals surface area (Å²) in [6.07, 6.45) is 6.16. The molecule has 0 heterocycles. The van der Waals surface area contributed by atoms with Gasteiger partial charge in [0.15, 0.2) is 21.3 Å². The first-order valence-electron chi connectivity index (χ1n) is 15.3. The van der Waals surface area contributed by atoms with Crippen molar-refractivity contribution >= 4 is 28.6 Å². The van der Waals surface area contributed by atoms with E-state index in [1.165, 1.54) is 56.4 Å². The second-order valence-electron chi connectivity index (χ2n) is 12.5. The average Bonchev–Trinajstić information content (AvgIpc) is 3.02. The zero-order valence-corrected chi connectivity index (χ0v) is 26.2. The summed E-state index contributed by atoms with van der Waals surface area (Å²) in [6.45, 7) is 2.07. The number of rotatable bonds is 9. The maximum absolute atomic E-state index is 13.6. The fourth-order valence-electron chi connectivity index (χ4n) is 7.64. The fraction of sp³-hybridized carbons (Fsp3) is 0.324. The number of hydrogen-bond donors (Lipinski definition) is 0. The van der Waals surface area contributed by atoms with Crippen LogP contribution in [0.1, 0.15) is 39.0 Å². The van der Waals surface area contributed by atoms with Gasteiger partial charge >= 0.3 is 5.97 Å². The Balaban J connectivity index is 0.967. The molecular formula is C37H35F2O3S2+. The van der Waals surface area contributed by atoms with Gasteiger partial charge in [0.2, 0.25) is 0 Å². The highest BCUT2D eigenvalue weighted by Gasteiger charge is 2.57. The van der Waals surface area contributed by atoms with Crippen LogP contribution in [0.5, 0.6) is 5.75 Å². The van der Waals surface area contributed by atoms with Gasteiger partial charge in [-0.1, -0.05) is 11.8 Å². The molecule has 8 rings (SSSR count). The Kier molecular flexibility index (Phi) is 8.19. The Bertz CT molecular complexity index is 1530. The summed E-state index contributed by atoms with van der Waals surface area (Å²) in [6, 6.07) is 29.0. The van der Waals surface area contributed by atoms with Crippen molar-refractivity contribution in [1.29, 1.82) is 0 Å². The summed E-state index contributed by atoms with van der Waals surface area (Å²) in [5.74, 6) is 2.43. The quantitative estimate of drug-likeness (QED) is 0.137. The molecule has 0 N–H and O–H groups in total. The van der Waals surface area contributed by atoms with Crippen LogP contribution < -0.4 is 4.74 Å². The van der Waals surface area contributed by atoms with E-state index in [9.17, 15) is 13.6 Å². The molecule has 44 heavy (non-hydrogen) atoms. The predicted molar refractivity (Wildman–Crippen MR) is 169 cm³/mol. The number of carbonyl (C=O) groups is 1. The molecule has 0 saturated heterocycles. The molecule has 0 unspecified atom stereocenters. The molecule has 0 spiro atoms. The molecule has 3 nitrogen and oxygen atoms in total. The summed E-state index contributed by atoms with van der Waals surface area (Å²) in [7, 11) is -0.499. The molecule has 4 bridgehead atoms. The molecule has 4 saturated carbocycles. The molecule has 4 aliphatic carbocycles. The molecule has 0 atom stereocenters. The van der Waals surface area contributed by atoms with Gasteiger partial charge in [-0.15, -0.1) is 0 Å². The molecule has 0 aromatic heterocycles. The van der Waals surface area contributed by atoms with E-state index in [0.717, 1.165) is 36.3 Å². The number of benzene rings is 4. The molecule has 4 aromatic rings. The first-order valence-corrected chi connectivity index (χ1v) is 17.3. The Labute approximate surface area is 264 Å². The summed E-state index contributed by atoms with van der Waals surface area (Å²) in [5.41, 5.74) is -0.345. The van der Waals surface area contributed by atoms with Crippen molar-refractivity contribution in [2.45, 2.75) is 69.1 Å². The van der Waals surface area contributed by atoms with Gasteiger partial charge in [-0.3, -0.25) is 0 Å². The normalized spacial score (nSPS) is 25.3. The fourth-order valence-corrected chi connectivity index (χ4v) is 10.5. The van der Waals surface area contributed by atoms with Gasteiger partial charge in [0.05, 0.1) is 10.9 Å². The van der Waals surface area contributed by atoms with Crippen molar-refractivity contribution in [3.63, 3.8) is 0 Å². The van der Waals surface area contributed by atoms with Gasteiger partial charge in [0, 0.05) is 9.79 Å². The number of hydrogen-bond acceptors (Lipinski definition) is 4. The molecule has 4 fully saturated rings. The monoisotopic (exact) mass is 629 g/mol. The molecule has 0 amide bonds. The standard InChI is InChI=1S/C37H35F2O3S2/c1-37(26-19-24-18-25(21-26)22-27(37)20-24)42-36(40)23-41-30-6-8-31(9-7-30)43-32-10-16-35(17-11-32)44(33-12-2-28(38)3-13-33)34-14-4-29(39)5-15-34/h2-17,24-27H,18-23H2,1H3/q+1. The van der Waals surface area contributed by atoms with Crippen LogP contribution in [0.3, 0.4) is 0 Å². The van der Waals surface area contributed by atoms with E-state index in [1.807, 2.05) is 24.3 Å². The van der Waals surface area contributed by atoms with Crippen molar-refractivity contribution in [1.82, 2.24) is 0 Å². The lowest BCUT2D eigenvalue weighted by atomic mass is 9.50. The molecule has 0 aliphatic heterocycles. The first-order chi connectivity index (χ1) is 21.3. The van der Waals surface area contributed by atoms with E-state index < -0.39 is 10.9 Å². The predicted octanol–water partition coefficient (Wildman–Crippen LogP) is 9.35. The van der Waals surface area contributed by atoms with Crippen molar-refractivity contribution < 1.29 is 23.0 Å². The van der Waals surface area contributed by atoms with Gasteiger partial charge < -0.3 is 9.47 Å². The van der Waals surface area contributed by atoms with Gasteiger partial charge in [-0.25, -0.2) is 13.6 Å². The third-order valence-corrected chi connectivity index (χ3v) is 12.9. The lowest BCUT2D eigenvalue weighted by Crippen LogP contribution is -2.58. The summed E-state index contributed by atoms with van der Waals surface area (Å²) in [4.78, 5) is 17.9. The number of ether oxygens (including phenoxy) is 2. The van der Waals surface area contributed by atoms with Crippen molar-refractivity contribution in [2.24, 2.45) is 23.7 Å². The van der Waals surface area contributed by atoms with Crippen LogP contribution in [0, 0.1) is 35.3 Å². The Morgan fingerprint density at radius 3 is 1.61 bits per heavy atom. The van der Waals surface area contributed by atoms with E-state index in [2.05, 4.69) is 31.2 Å². The third-order valence-electron chi connectivity index (χ3n) is 9.67. The summed E-state index contributed by atoms with van der Waals surface area (Å²) < 4.78 is 39.2. The lowest BCUT2D eigenvalue weighted by molar-refractivity contribution is -0.204. The minimum Gasteiger partial charge on any atom is -0.482 e. The molecule has 226 valence electrons. The van der Waals surface area contributed by atoms with Crippen LogP contribution in [0.25, 0.3) is 0 Å². The maximum atomic E-state index is 13.6. The number of halogens is 2. The average molecular weight is 630 g/mol. The third kappa shape index (κ3) is 6.14. The zero-order valence-electron chi connectivity index (χ0n) is 24.6. The molecule has 4 aromatic carbocycles. The second kappa shape index (κ2) is 12.2. The van der Waals surface area contributed by atoms with Gasteiger partial charge in [0.1, 0.15) is 23.0 Å². The SMILES string of the molecule is CC1(OC(=O)COc2ccc(Sc3ccc([S+](c4ccc(F)cc4)c4ccc(F)cc4)cc3)cc2)C2CC3CC(C2)CC1C3. The van der Waals surface area contributed by atoms with Crippen molar-refractivity contribution in [3.8, 4) is 5.75 Å². The van der Waals surface area contributed by atoms with Crippen LogP contribution in [0.15, 0.2) is 122 Å². The highest BCUT2D eigenvalue weighted by molar-refractivity contribution is 7.99. The smallest absolute Gasteiger partial charge is 0.344 e. The van der Waals surface area contributed by atoms with Gasteiger partial charge in [-0.2, -0.15) is 0 Å². The number of carbonyl (C=O) groups excluding carboxylic acids is 1. The van der Waals surface area contributed by atoms with Gasteiger partial charge in [-0.05, 0) is 160 Å². The molecule has 4 aliphatic rings. The van der Waals surface area contributed by atoms with E-state index in [4.69, 9.17) is 9.47 Å². The van der Waals surface area contributed by atoms with Crippen molar-refractivity contribution in [2.75, 3.05) is 6.61 Å². The minimum absolute atomic E-state index is 0.0834. The topological polar surface area (TPSA) is 35.5 Å². The zero-order chi connectivity index (χ0) is 30.3. The number of esters is 1. The van der Waals surface area contributed by atoms with Crippen LogP contribution in [0.2, 0.25) is 0 Å². The van der Waals surface area contributed by atoms with Crippen molar-refractivity contribution in [3.05, 3.63) is 109 Å². The summed E-state index contributed by atoms with van der Waals surface area (Å²) >= 11 is 1.63. The Morgan fingerprint density at radius 2 is 1.14 bits per heavy atom. The van der Waals surface area contributed by atoms with Gasteiger partial charge in [0.25, 0.3) is 0 Å². The largest absolute Gasteiger partial charge is 0.482 e.